The molecule has 5 rings (SSSR count). The molecule has 8 nitrogen and oxygen atoms in total. The van der Waals surface area contributed by atoms with Crippen LogP contribution in [0.5, 0.6) is 5.75 Å². The highest BCUT2D eigenvalue weighted by atomic mass is 16.5. The molecule has 1 N–H and O–H groups in total. The largest absolute Gasteiger partial charge is 0.490 e. The maximum atomic E-state index is 12.3. The Balaban J connectivity index is 0.00000119. The summed E-state index contributed by atoms with van der Waals surface area (Å²) < 4.78 is 8.15. The number of aliphatic hydroxyl groups is 1. The summed E-state index contributed by atoms with van der Waals surface area (Å²) in [4.78, 5) is 21.3. The number of pyridine rings is 1. The van der Waals surface area contributed by atoms with Gasteiger partial charge in [-0.2, -0.15) is 5.10 Å². The molecule has 1 saturated heterocycles. The molecule has 3 aromatic rings. The SMILES string of the molecule is CCc1cc2c(nc1N1CCC(Oc3ccc4c(cnn4C)c3)CC1)CN(C)C2=O.CO. The van der Waals surface area contributed by atoms with Gasteiger partial charge in [-0.1, -0.05) is 6.92 Å². The van der Waals surface area contributed by atoms with Gasteiger partial charge >= 0.3 is 0 Å². The van der Waals surface area contributed by atoms with Crippen LogP contribution in [0.2, 0.25) is 0 Å². The predicted molar refractivity (Wildman–Crippen MR) is 124 cm³/mol. The van der Waals surface area contributed by atoms with Crippen molar-refractivity contribution < 1.29 is 14.6 Å². The highest BCUT2D eigenvalue weighted by Crippen LogP contribution is 2.30. The number of carbonyl (C=O) groups excluding carboxylic acids is 1. The number of piperidine rings is 1. The van der Waals surface area contributed by atoms with E-state index in [1.165, 1.54) is 0 Å². The minimum Gasteiger partial charge on any atom is -0.490 e. The van der Waals surface area contributed by atoms with Gasteiger partial charge in [0, 0.05) is 52.5 Å². The molecule has 2 aromatic heterocycles. The highest BCUT2D eigenvalue weighted by molar-refractivity contribution is 5.98. The van der Waals surface area contributed by atoms with E-state index in [-0.39, 0.29) is 12.0 Å². The second-order valence-corrected chi connectivity index (χ2v) is 8.27. The highest BCUT2D eigenvalue weighted by Gasteiger charge is 2.30. The Bertz CT molecular complexity index is 1120. The van der Waals surface area contributed by atoms with Crippen molar-refractivity contribution in [1.82, 2.24) is 19.7 Å². The maximum absolute atomic E-state index is 12.3. The quantitative estimate of drug-likeness (QED) is 0.676. The van der Waals surface area contributed by atoms with Gasteiger partial charge in [-0.3, -0.25) is 9.48 Å². The minimum atomic E-state index is 0.0800. The molecule has 0 atom stereocenters. The first-order valence-corrected chi connectivity index (χ1v) is 11.1. The molecular formula is C24H31N5O3. The van der Waals surface area contributed by atoms with Gasteiger partial charge in [0.05, 0.1) is 29.5 Å². The third-order valence-corrected chi connectivity index (χ3v) is 6.26. The number of benzene rings is 1. The van der Waals surface area contributed by atoms with Crippen molar-refractivity contribution in [3.8, 4) is 5.75 Å². The van der Waals surface area contributed by atoms with Gasteiger partial charge in [0.1, 0.15) is 17.7 Å². The molecule has 170 valence electrons. The second kappa shape index (κ2) is 9.16. The van der Waals surface area contributed by atoms with Crippen molar-refractivity contribution >= 4 is 22.6 Å². The monoisotopic (exact) mass is 437 g/mol. The molecule has 0 bridgehead atoms. The van der Waals surface area contributed by atoms with Crippen LogP contribution in [0.3, 0.4) is 0 Å². The van der Waals surface area contributed by atoms with E-state index in [9.17, 15) is 4.79 Å². The molecular weight excluding hydrogens is 406 g/mol. The molecule has 4 heterocycles. The van der Waals surface area contributed by atoms with Gasteiger partial charge in [-0.15, -0.1) is 0 Å². The number of aryl methyl sites for hydroxylation is 2. The molecule has 0 radical (unpaired) electrons. The number of carbonyl (C=O) groups is 1. The normalized spacial score (nSPS) is 16.2. The van der Waals surface area contributed by atoms with Gasteiger partial charge in [-0.05, 0) is 36.2 Å². The van der Waals surface area contributed by atoms with Crippen LogP contribution in [0.25, 0.3) is 10.9 Å². The Morgan fingerprint density at radius 1 is 1.16 bits per heavy atom. The average Bonchev–Trinajstić information content (AvgIpc) is 3.33. The third-order valence-electron chi connectivity index (χ3n) is 6.26. The van der Waals surface area contributed by atoms with Crippen LogP contribution in [0.1, 0.15) is 41.4 Å². The van der Waals surface area contributed by atoms with Crippen LogP contribution in [0, 0.1) is 0 Å². The van der Waals surface area contributed by atoms with E-state index in [0.29, 0.717) is 6.54 Å². The van der Waals surface area contributed by atoms with Gasteiger partial charge in [0.15, 0.2) is 0 Å². The molecule has 32 heavy (non-hydrogen) atoms. The molecule has 0 unspecified atom stereocenters. The Kier molecular flexibility index (Phi) is 6.32. The van der Waals surface area contributed by atoms with Crippen molar-refractivity contribution in [3.05, 3.63) is 47.3 Å². The zero-order valence-electron chi connectivity index (χ0n) is 19.2. The van der Waals surface area contributed by atoms with Crippen LogP contribution in [-0.4, -0.2) is 64.0 Å². The number of hydrogen-bond donors (Lipinski definition) is 1. The van der Waals surface area contributed by atoms with E-state index >= 15 is 0 Å². The number of fused-ring (bicyclic) bond motifs is 2. The van der Waals surface area contributed by atoms with E-state index in [2.05, 4.69) is 35.1 Å². The van der Waals surface area contributed by atoms with Crippen LogP contribution >= 0.6 is 0 Å². The second-order valence-electron chi connectivity index (χ2n) is 8.27. The smallest absolute Gasteiger partial charge is 0.255 e. The first-order valence-electron chi connectivity index (χ1n) is 11.1. The lowest BCUT2D eigenvalue weighted by atomic mass is 10.0. The number of rotatable bonds is 4. The molecule has 0 aliphatic carbocycles. The average molecular weight is 438 g/mol. The van der Waals surface area contributed by atoms with Gasteiger partial charge < -0.3 is 19.6 Å². The number of aromatic nitrogens is 3. The number of aliphatic hydroxyl groups excluding tert-OH is 1. The summed E-state index contributed by atoms with van der Waals surface area (Å²) >= 11 is 0. The Morgan fingerprint density at radius 3 is 2.62 bits per heavy atom. The summed E-state index contributed by atoms with van der Waals surface area (Å²) in [6.07, 6.45) is 4.84. The Morgan fingerprint density at radius 2 is 1.91 bits per heavy atom. The van der Waals surface area contributed by atoms with E-state index in [4.69, 9.17) is 14.8 Å². The van der Waals surface area contributed by atoms with Gasteiger partial charge in [0.25, 0.3) is 5.91 Å². The Hall–Kier alpha value is -3.13. The zero-order valence-corrected chi connectivity index (χ0v) is 19.2. The summed E-state index contributed by atoms with van der Waals surface area (Å²) in [5.74, 6) is 2.02. The van der Waals surface area contributed by atoms with Crippen molar-refractivity contribution in [3.63, 3.8) is 0 Å². The summed E-state index contributed by atoms with van der Waals surface area (Å²) in [5.41, 5.74) is 3.93. The van der Waals surface area contributed by atoms with Crippen LogP contribution in [-0.2, 0) is 20.0 Å². The van der Waals surface area contributed by atoms with E-state index in [0.717, 1.165) is 78.8 Å². The Labute approximate surface area is 188 Å². The molecule has 0 spiro atoms. The van der Waals surface area contributed by atoms with E-state index in [1.807, 2.05) is 31.0 Å². The molecule has 8 heteroatoms. The molecule has 0 saturated carbocycles. The van der Waals surface area contributed by atoms with E-state index in [1.54, 1.807) is 4.90 Å². The van der Waals surface area contributed by atoms with E-state index < -0.39 is 0 Å². The number of hydrogen-bond acceptors (Lipinski definition) is 6. The number of amides is 1. The predicted octanol–water partition coefficient (Wildman–Crippen LogP) is 2.77. The standard InChI is InChI=1S/C23H27N5O2.CH4O/c1-4-15-12-19-20(14-26(2)23(19)29)25-22(15)28-9-7-17(8-10-28)30-18-5-6-21-16(11-18)13-24-27(21)3;1-2/h5-6,11-13,17H,4,7-10,14H2,1-3H3;2H,1H3. The first kappa shape index (κ1) is 22.1. The van der Waals surface area contributed by atoms with Gasteiger partial charge in [-0.25, -0.2) is 4.98 Å². The first-order chi connectivity index (χ1) is 15.5. The topological polar surface area (TPSA) is 83.7 Å². The van der Waals surface area contributed by atoms with Crippen molar-refractivity contribution in [2.75, 3.05) is 32.1 Å². The number of nitrogens with zero attached hydrogens (tertiary/aromatic N) is 5. The molecule has 1 amide bonds. The fourth-order valence-electron chi connectivity index (χ4n) is 4.52. The molecule has 1 aromatic carbocycles. The fraction of sp³-hybridized carbons (Fsp3) is 0.458. The van der Waals surface area contributed by atoms with Crippen LogP contribution in [0.15, 0.2) is 30.5 Å². The summed E-state index contributed by atoms with van der Waals surface area (Å²) in [6, 6.07) is 8.21. The minimum absolute atomic E-state index is 0.0800. The molecule has 2 aliphatic rings. The fourth-order valence-corrected chi connectivity index (χ4v) is 4.52. The lowest BCUT2D eigenvalue weighted by molar-refractivity contribution is 0.0816. The molecule has 2 aliphatic heterocycles. The van der Waals surface area contributed by atoms with Gasteiger partial charge in [0.2, 0.25) is 0 Å². The lowest BCUT2D eigenvalue weighted by Crippen LogP contribution is -2.39. The van der Waals surface area contributed by atoms with Crippen LogP contribution in [0.4, 0.5) is 5.82 Å². The maximum Gasteiger partial charge on any atom is 0.255 e. The summed E-state index contributed by atoms with van der Waals surface area (Å²) in [5, 5.41) is 12.4. The van der Waals surface area contributed by atoms with Crippen molar-refractivity contribution in [2.24, 2.45) is 7.05 Å². The number of anilines is 1. The van der Waals surface area contributed by atoms with Crippen LogP contribution < -0.4 is 9.64 Å². The number of ether oxygens (including phenoxy) is 1. The third kappa shape index (κ3) is 4.02. The zero-order chi connectivity index (χ0) is 22.8. The van der Waals surface area contributed by atoms with Crippen molar-refractivity contribution in [2.45, 2.75) is 38.8 Å². The molecule has 1 fully saturated rings. The lowest BCUT2D eigenvalue weighted by Gasteiger charge is -2.34. The van der Waals surface area contributed by atoms with Crippen molar-refractivity contribution in [1.29, 1.82) is 0 Å². The summed E-state index contributed by atoms with van der Waals surface area (Å²) in [6.45, 7) is 4.53. The summed E-state index contributed by atoms with van der Waals surface area (Å²) in [7, 11) is 4.78.